The summed E-state index contributed by atoms with van der Waals surface area (Å²) >= 11 is 3.49. The molecule has 3 aromatic rings. The molecule has 2 aromatic carbocycles. The van der Waals surface area contributed by atoms with E-state index in [1.807, 2.05) is 57.2 Å². The molecule has 0 spiro atoms. The molecule has 0 radical (unpaired) electrons. The van der Waals surface area contributed by atoms with Crippen molar-refractivity contribution >= 4 is 21.9 Å². The van der Waals surface area contributed by atoms with Gasteiger partial charge in [-0.1, -0.05) is 63.0 Å². The average molecular weight is 458 g/mol. The van der Waals surface area contributed by atoms with Crippen molar-refractivity contribution in [2.24, 2.45) is 0 Å². The molecule has 1 aromatic heterocycles. The molecule has 0 bridgehead atoms. The molecule has 2 atom stereocenters. The largest absolute Gasteiger partial charge is 0.467 e. The standard InChI is InChI=1S/C23H24BrNO4/c1-14-5-7-17(8-6-14)20(24)23(27,22(26)28-4)12-19-13-25-21(29-19)18-10-15(2)9-16(3)11-18/h5-11,13,20,27H,12H2,1-4H3. The summed E-state index contributed by atoms with van der Waals surface area (Å²) in [6.07, 6.45) is 1.46. The van der Waals surface area contributed by atoms with Gasteiger partial charge >= 0.3 is 5.97 Å². The molecule has 0 amide bonds. The van der Waals surface area contributed by atoms with E-state index in [1.165, 1.54) is 13.3 Å². The van der Waals surface area contributed by atoms with E-state index >= 15 is 0 Å². The van der Waals surface area contributed by atoms with Crippen molar-refractivity contribution in [3.8, 4) is 11.5 Å². The normalized spacial score (nSPS) is 14.3. The minimum absolute atomic E-state index is 0.0821. The van der Waals surface area contributed by atoms with Gasteiger partial charge in [0.15, 0.2) is 5.60 Å². The fraction of sp³-hybridized carbons (Fsp3) is 0.304. The summed E-state index contributed by atoms with van der Waals surface area (Å²) in [5.41, 5.74) is 3.05. The Morgan fingerprint density at radius 1 is 1.14 bits per heavy atom. The number of aromatic nitrogens is 1. The van der Waals surface area contributed by atoms with E-state index in [0.717, 1.165) is 27.8 Å². The molecule has 5 nitrogen and oxygen atoms in total. The van der Waals surface area contributed by atoms with Crippen LogP contribution in [0.5, 0.6) is 0 Å². The number of rotatable bonds is 6. The number of hydrogen-bond donors (Lipinski definition) is 1. The van der Waals surface area contributed by atoms with Crippen molar-refractivity contribution in [3.63, 3.8) is 0 Å². The molecule has 0 aliphatic carbocycles. The minimum Gasteiger partial charge on any atom is -0.467 e. The van der Waals surface area contributed by atoms with Crippen LogP contribution in [-0.2, 0) is 16.0 Å². The summed E-state index contributed by atoms with van der Waals surface area (Å²) in [7, 11) is 1.25. The fourth-order valence-corrected chi connectivity index (χ4v) is 3.99. The maximum absolute atomic E-state index is 12.5. The third kappa shape index (κ3) is 4.60. The number of nitrogens with zero attached hydrogens (tertiary/aromatic N) is 1. The number of carbonyl (C=O) groups excluding carboxylic acids is 1. The van der Waals surface area contributed by atoms with Gasteiger partial charge < -0.3 is 14.3 Å². The summed E-state index contributed by atoms with van der Waals surface area (Å²) in [5.74, 6) is 0.0911. The highest BCUT2D eigenvalue weighted by Crippen LogP contribution is 2.38. The molecule has 6 heteroatoms. The third-order valence-corrected chi connectivity index (χ3v) is 6.08. The van der Waals surface area contributed by atoms with E-state index in [1.54, 1.807) is 0 Å². The maximum Gasteiger partial charge on any atom is 0.339 e. The predicted molar refractivity (Wildman–Crippen MR) is 115 cm³/mol. The van der Waals surface area contributed by atoms with Gasteiger partial charge in [-0.05, 0) is 38.5 Å². The van der Waals surface area contributed by atoms with Crippen molar-refractivity contribution < 1.29 is 19.1 Å². The molecule has 152 valence electrons. The zero-order valence-electron chi connectivity index (χ0n) is 16.9. The van der Waals surface area contributed by atoms with Crippen LogP contribution in [-0.4, -0.2) is 28.8 Å². The molecule has 1 heterocycles. The SMILES string of the molecule is COC(=O)C(O)(Cc1cnc(-c2cc(C)cc(C)c2)o1)C(Br)c1ccc(C)cc1. The van der Waals surface area contributed by atoms with Crippen LogP contribution in [0, 0.1) is 20.8 Å². The summed E-state index contributed by atoms with van der Waals surface area (Å²) < 4.78 is 10.8. The molecule has 0 aliphatic rings. The summed E-state index contributed by atoms with van der Waals surface area (Å²) in [5, 5.41) is 11.3. The lowest BCUT2D eigenvalue weighted by Crippen LogP contribution is -2.45. The second kappa shape index (κ2) is 8.51. The number of aliphatic hydroxyl groups is 1. The predicted octanol–water partition coefficient (Wildman–Crippen LogP) is 4.85. The van der Waals surface area contributed by atoms with Crippen molar-refractivity contribution in [1.29, 1.82) is 0 Å². The molecule has 2 unspecified atom stereocenters. The monoisotopic (exact) mass is 457 g/mol. The highest BCUT2D eigenvalue weighted by Gasteiger charge is 2.46. The molecule has 29 heavy (non-hydrogen) atoms. The van der Waals surface area contributed by atoms with E-state index in [0.29, 0.717) is 11.7 Å². The van der Waals surface area contributed by atoms with Crippen molar-refractivity contribution in [3.05, 3.63) is 76.7 Å². The Morgan fingerprint density at radius 2 is 1.76 bits per heavy atom. The van der Waals surface area contributed by atoms with Crippen molar-refractivity contribution in [1.82, 2.24) is 4.98 Å². The first-order chi connectivity index (χ1) is 13.7. The van der Waals surface area contributed by atoms with Gasteiger partial charge in [0.2, 0.25) is 5.89 Å². The quantitative estimate of drug-likeness (QED) is 0.423. The van der Waals surface area contributed by atoms with Crippen LogP contribution in [0.1, 0.15) is 32.8 Å². The van der Waals surface area contributed by atoms with Gasteiger partial charge in [-0.25, -0.2) is 9.78 Å². The molecule has 0 aliphatic heterocycles. The van der Waals surface area contributed by atoms with Gasteiger partial charge in [-0.15, -0.1) is 0 Å². The lowest BCUT2D eigenvalue weighted by atomic mass is 9.90. The van der Waals surface area contributed by atoms with Gasteiger partial charge in [0.1, 0.15) is 5.76 Å². The van der Waals surface area contributed by atoms with Gasteiger partial charge in [-0.2, -0.15) is 0 Å². The van der Waals surface area contributed by atoms with E-state index in [2.05, 4.69) is 27.0 Å². The van der Waals surface area contributed by atoms with Gasteiger partial charge in [0, 0.05) is 12.0 Å². The lowest BCUT2D eigenvalue weighted by Gasteiger charge is -2.29. The molecule has 0 saturated carbocycles. The van der Waals surface area contributed by atoms with E-state index in [-0.39, 0.29) is 6.42 Å². The zero-order valence-corrected chi connectivity index (χ0v) is 18.5. The Kier molecular flexibility index (Phi) is 6.24. The number of esters is 1. The van der Waals surface area contributed by atoms with Crippen molar-refractivity contribution in [2.45, 2.75) is 37.6 Å². The van der Waals surface area contributed by atoms with Crippen LogP contribution >= 0.6 is 15.9 Å². The summed E-state index contributed by atoms with van der Waals surface area (Å²) in [6, 6.07) is 13.6. The number of ether oxygens (including phenoxy) is 1. The number of benzene rings is 2. The molecule has 1 N–H and O–H groups in total. The van der Waals surface area contributed by atoms with Crippen LogP contribution in [0.2, 0.25) is 0 Å². The Bertz CT molecular complexity index is 992. The van der Waals surface area contributed by atoms with Gasteiger partial charge in [-0.3, -0.25) is 0 Å². The highest BCUT2D eigenvalue weighted by atomic mass is 79.9. The van der Waals surface area contributed by atoms with Crippen LogP contribution in [0.4, 0.5) is 0 Å². The third-order valence-electron chi connectivity index (χ3n) is 4.79. The number of aryl methyl sites for hydroxylation is 3. The minimum atomic E-state index is -1.86. The average Bonchev–Trinajstić information content (AvgIpc) is 3.14. The number of hydrogen-bond acceptors (Lipinski definition) is 5. The van der Waals surface area contributed by atoms with E-state index < -0.39 is 16.4 Å². The first-order valence-electron chi connectivity index (χ1n) is 9.27. The second-order valence-corrected chi connectivity index (χ2v) is 8.29. The summed E-state index contributed by atoms with van der Waals surface area (Å²) in [6.45, 7) is 5.99. The van der Waals surface area contributed by atoms with Crippen LogP contribution in [0.15, 0.2) is 53.1 Å². The number of methoxy groups -OCH3 is 1. The molecule has 0 saturated heterocycles. The molecule has 3 rings (SSSR count). The first-order valence-corrected chi connectivity index (χ1v) is 10.2. The molecule has 0 fully saturated rings. The topological polar surface area (TPSA) is 72.6 Å². The maximum atomic E-state index is 12.5. The Morgan fingerprint density at radius 3 is 2.34 bits per heavy atom. The van der Waals surface area contributed by atoms with E-state index in [4.69, 9.17) is 9.15 Å². The number of oxazole rings is 1. The lowest BCUT2D eigenvalue weighted by molar-refractivity contribution is -0.162. The first kappa shape index (κ1) is 21.3. The van der Waals surface area contributed by atoms with Gasteiger partial charge in [0.25, 0.3) is 0 Å². The Labute approximate surface area is 178 Å². The number of alkyl halides is 1. The highest BCUT2D eigenvalue weighted by molar-refractivity contribution is 9.09. The second-order valence-electron chi connectivity index (χ2n) is 7.37. The van der Waals surface area contributed by atoms with E-state index in [9.17, 15) is 9.90 Å². The molecular weight excluding hydrogens is 434 g/mol. The van der Waals surface area contributed by atoms with Crippen molar-refractivity contribution in [2.75, 3.05) is 7.11 Å². The van der Waals surface area contributed by atoms with Crippen LogP contribution in [0.25, 0.3) is 11.5 Å². The van der Waals surface area contributed by atoms with Crippen LogP contribution < -0.4 is 0 Å². The number of halogens is 1. The smallest absolute Gasteiger partial charge is 0.339 e. The summed E-state index contributed by atoms with van der Waals surface area (Å²) in [4.78, 5) is 16.2. The van der Waals surface area contributed by atoms with Gasteiger partial charge in [0.05, 0.1) is 18.1 Å². The number of carbonyl (C=O) groups is 1. The fourth-order valence-electron chi connectivity index (χ4n) is 3.34. The zero-order chi connectivity index (χ0) is 21.2. The Hall–Kier alpha value is -2.44. The van der Waals surface area contributed by atoms with Crippen LogP contribution in [0.3, 0.4) is 0 Å². The molecular formula is C23H24BrNO4. The Balaban J connectivity index is 1.92.